The van der Waals surface area contributed by atoms with Crippen LogP contribution in [0.1, 0.15) is 36.3 Å². The second kappa shape index (κ2) is 6.92. The normalized spacial score (nSPS) is 12.6. The number of halogens is 1. The summed E-state index contributed by atoms with van der Waals surface area (Å²) >= 11 is 3.55. The molecule has 2 nitrogen and oxygen atoms in total. The first-order valence-electron chi connectivity index (χ1n) is 6.72. The molecule has 1 atom stereocenters. The van der Waals surface area contributed by atoms with Crippen molar-refractivity contribution in [3.8, 4) is 0 Å². The van der Waals surface area contributed by atoms with Crippen LogP contribution in [0.3, 0.4) is 0 Å². The molecule has 0 saturated carbocycles. The lowest BCUT2D eigenvalue weighted by Gasteiger charge is -2.17. The van der Waals surface area contributed by atoms with Crippen LogP contribution < -0.4 is 5.32 Å². The molecule has 102 valence electrons. The molecule has 0 bridgehead atoms. The van der Waals surface area contributed by atoms with Gasteiger partial charge in [0.15, 0.2) is 0 Å². The average molecular weight is 322 g/mol. The van der Waals surface area contributed by atoms with Crippen LogP contribution in [-0.2, 0) is 6.42 Å². The number of furan rings is 1. The molecule has 0 fully saturated rings. The van der Waals surface area contributed by atoms with Gasteiger partial charge in [0.05, 0.1) is 16.8 Å². The quantitative estimate of drug-likeness (QED) is 0.838. The van der Waals surface area contributed by atoms with Crippen molar-refractivity contribution in [1.29, 1.82) is 0 Å². The van der Waals surface area contributed by atoms with Crippen molar-refractivity contribution in [3.05, 3.63) is 58.0 Å². The first-order valence-corrected chi connectivity index (χ1v) is 7.51. The minimum absolute atomic E-state index is 0.214. The molecule has 0 saturated heterocycles. The van der Waals surface area contributed by atoms with E-state index in [2.05, 4.69) is 59.4 Å². The lowest BCUT2D eigenvalue weighted by Crippen LogP contribution is -2.24. The van der Waals surface area contributed by atoms with Crippen molar-refractivity contribution in [1.82, 2.24) is 5.32 Å². The summed E-state index contributed by atoms with van der Waals surface area (Å²) in [5.74, 6) is 0.981. The van der Waals surface area contributed by atoms with E-state index in [0.29, 0.717) is 0 Å². The van der Waals surface area contributed by atoms with Gasteiger partial charge < -0.3 is 9.73 Å². The Kier molecular flexibility index (Phi) is 5.23. The lowest BCUT2D eigenvalue weighted by molar-refractivity contribution is 0.408. The molecule has 0 radical (unpaired) electrons. The predicted molar refractivity (Wildman–Crippen MR) is 82.3 cm³/mol. The Morgan fingerprint density at radius 1 is 1.32 bits per heavy atom. The summed E-state index contributed by atoms with van der Waals surface area (Å²) < 4.78 is 6.65. The third-order valence-corrected chi connectivity index (χ3v) is 3.78. The molecule has 0 aliphatic carbocycles. The Morgan fingerprint density at radius 3 is 2.79 bits per heavy atom. The Labute approximate surface area is 123 Å². The van der Waals surface area contributed by atoms with E-state index in [9.17, 15) is 0 Å². The number of aryl methyl sites for hydroxylation is 1. The molecule has 0 aliphatic heterocycles. The van der Waals surface area contributed by atoms with Crippen molar-refractivity contribution >= 4 is 15.9 Å². The highest BCUT2D eigenvalue weighted by Crippen LogP contribution is 2.27. The maximum Gasteiger partial charge on any atom is 0.135 e. The van der Waals surface area contributed by atoms with E-state index in [1.54, 1.807) is 6.26 Å². The van der Waals surface area contributed by atoms with Crippen LogP contribution in [0.5, 0.6) is 0 Å². The second-order valence-electron chi connectivity index (χ2n) is 4.83. The first kappa shape index (κ1) is 14.4. The Balaban J connectivity index is 2.16. The average Bonchev–Trinajstić information content (AvgIpc) is 2.81. The Morgan fingerprint density at radius 2 is 2.16 bits per heavy atom. The van der Waals surface area contributed by atoms with Crippen LogP contribution in [0.15, 0.2) is 45.5 Å². The molecule has 2 rings (SSSR count). The summed E-state index contributed by atoms with van der Waals surface area (Å²) in [6.07, 6.45) is 3.78. The van der Waals surface area contributed by atoms with Gasteiger partial charge in [-0.25, -0.2) is 0 Å². The number of hydrogen-bond donors (Lipinski definition) is 1. The monoisotopic (exact) mass is 321 g/mol. The van der Waals surface area contributed by atoms with Gasteiger partial charge in [-0.05, 0) is 53.9 Å². The zero-order valence-corrected chi connectivity index (χ0v) is 13.0. The van der Waals surface area contributed by atoms with Crippen LogP contribution in [0.2, 0.25) is 0 Å². The maximum absolute atomic E-state index is 5.62. The van der Waals surface area contributed by atoms with E-state index < -0.39 is 0 Å². The lowest BCUT2D eigenvalue weighted by atomic mass is 10.0. The zero-order valence-electron chi connectivity index (χ0n) is 11.4. The van der Waals surface area contributed by atoms with E-state index in [4.69, 9.17) is 4.42 Å². The van der Waals surface area contributed by atoms with Crippen LogP contribution in [0.4, 0.5) is 0 Å². The first-order chi connectivity index (χ1) is 9.20. The summed E-state index contributed by atoms with van der Waals surface area (Å²) in [4.78, 5) is 0. The van der Waals surface area contributed by atoms with Crippen LogP contribution in [-0.4, -0.2) is 6.54 Å². The molecule has 1 heterocycles. The molecule has 0 amide bonds. The third-order valence-electron chi connectivity index (χ3n) is 3.12. The maximum atomic E-state index is 5.62. The molecule has 3 heteroatoms. The third kappa shape index (κ3) is 3.95. The summed E-state index contributed by atoms with van der Waals surface area (Å²) in [6.45, 7) is 5.29. The summed E-state index contributed by atoms with van der Waals surface area (Å²) in [5, 5.41) is 3.56. The van der Waals surface area contributed by atoms with Crippen LogP contribution >= 0.6 is 15.9 Å². The van der Waals surface area contributed by atoms with E-state index >= 15 is 0 Å². The molecule has 19 heavy (non-hydrogen) atoms. The fourth-order valence-corrected chi connectivity index (χ4v) is 2.68. The van der Waals surface area contributed by atoms with Crippen molar-refractivity contribution in [2.24, 2.45) is 0 Å². The summed E-state index contributed by atoms with van der Waals surface area (Å²) in [6, 6.07) is 10.8. The minimum Gasteiger partial charge on any atom is -0.466 e. The van der Waals surface area contributed by atoms with Gasteiger partial charge in [-0.2, -0.15) is 0 Å². The van der Waals surface area contributed by atoms with E-state index in [-0.39, 0.29) is 6.04 Å². The standard InChI is InChI=1S/C16H20BrNO/c1-3-8-18-15(16-14(17)7-9-19-16)11-13-6-4-5-12(2)10-13/h4-7,9-10,15,18H,3,8,11H2,1-2H3. The molecule has 1 aromatic carbocycles. The molecular weight excluding hydrogens is 302 g/mol. The Hall–Kier alpha value is -1.06. The molecule has 1 aromatic heterocycles. The van der Waals surface area contributed by atoms with Gasteiger partial charge in [0, 0.05) is 0 Å². The van der Waals surface area contributed by atoms with Crippen molar-refractivity contribution in [2.75, 3.05) is 6.54 Å². The van der Waals surface area contributed by atoms with Gasteiger partial charge in [0.2, 0.25) is 0 Å². The van der Waals surface area contributed by atoms with Gasteiger partial charge in [0.1, 0.15) is 5.76 Å². The molecule has 0 spiro atoms. The van der Waals surface area contributed by atoms with Gasteiger partial charge in [-0.3, -0.25) is 0 Å². The number of rotatable bonds is 6. The van der Waals surface area contributed by atoms with Crippen LogP contribution in [0.25, 0.3) is 0 Å². The Bertz CT molecular complexity index is 521. The van der Waals surface area contributed by atoms with E-state index in [1.807, 2.05) is 6.07 Å². The van der Waals surface area contributed by atoms with Crippen molar-refractivity contribution < 1.29 is 4.42 Å². The van der Waals surface area contributed by atoms with Crippen LogP contribution in [0, 0.1) is 6.92 Å². The smallest absolute Gasteiger partial charge is 0.135 e. The fraction of sp³-hybridized carbons (Fsp3) is 0.375. The van der Waals surface area contributed by atoms with Gasteiger partial charge >= 0.3 is 0 Å². The second-order valence-corrected chi connectivity index (χ2v) is 5.69. The van der Waals surface area contributed by atoms with E-state index in [0.717, 1.165) is 29.6 Å². The van der Waals surface area contributed by atoms with Gasteiger partial charge in [0.25, 0.3) is 0 Å². The fourth-order valence-electron chi connectivity index (χ4n) is 2.21. The molecular formula is C16H20BrNO. The molecule has 2 aromatic rings. The molecule has 1 unspecified atom stereocenters. The largest absolute Gasteiger partial charge is 0.466 e. The highest BCUT2D eigenvalue weighted by molar-refractivity contribution is 9.10. The highest BCUT2D eigenvalue weighted by Gasteiger charge is 2.17. The van der Waals surface area contributed by atoms with Crippen molar-refractivity contribution in [3.63, 3.8) is 0 Å². The topological polar surface area (TPSA) is 25.2 Å². The number of hydrogen-bond acceptors (Lipinski definition) is 2. The number of nitrogens with one attached hydrogen (secondary N) is 1. The zero-order chi connectivity index (χ0) is 13.7. The number of benzene rings is 1. The van der Waals surface area contributed by atoms with Gasteiger partial charge in [-0.1, -0.05) is 36.8 Å². The predicted octanol–water partition coefficient (Wildman–Crippen LogP) is 4.63. The summed E-state index contributed by atoms with van der Waals surface area (Å²) in [5.41, 5.74) is 2.63. The minimum atomic E-state index is 0.214. The van der Waals surface area contributed by atoms with E-state index in [1.165, 1.54) is 11.1 Å². The highest BCUT2D eigenvalue weighted by atomic mass is 79.9. The SMILES string of the molecule is CCCNC(Cc1cccc(C)c1)c1occc1Br. The van der Waals surface area contributed by atoms with Gasteiger partial charge in [-0.15, -0.1) is 0 Å². The molecule has 0 aliphatic rings. The summed E-state index contributed by atoms with van der Waals surface area (Å²) in [7, 11) is 0. The van der Waals surface area contributed by atoms with Crippen molar-refractivity contribution in [2.45, 2.75) is 32.7 Å². The molecule has 1 N–H and O–H groups in total.